The van der Waals surface area contributed by atoms with E-state index in [1.54, 1.807) is 4.90 Å². The molecule has 5 heteroatoms. The summed E-state index contributed by atoms with van der Waals surface area (Å²) >= 11 is 0. The van der Waals surface area contributed by atoms with Gasteiger partial charge in [0.25, 0.3) is 0 Å². The minimum absolute atomic E-state index is 0.00228. The van der Waals surface area contributed by atoms with Crippen LogP contribution in [0.25, 0.3) is 0 Å². The SMILES string of the molecule is CC(=O)N1CC2(C1)OC1CCC2(C(=O)O)C1. The molecule has 2 heterocycles. The van der Waals surface area contributed by atoms with Gasteiger partial charge < -0.3 is 14.7 Å². The van der Waals surface area contributed by atoms with E-state index in [0.717, 1.165) is 6.42 Å². The molecule has 0 aromatic carbocycles. The van der Waals surface area contributed by atoms with E-state index >= 15 is 0 Å². The van der Waals surface area contributed by atoms with Crippen LogP contribution in [0.15, 0.2) is 0 Å². The standard InChI is InChI=1S/C11H15NO4/c1-7(13)12-5-11(6-12)10(9(14)15)3-2-8(4-10)16-11/h8H,2-6H2,1H3,(H,14,15). The molecule has 0 aromatic heterocycles. The first kappa shape index (κ1) is 10.1. The van der Waals surface area contributed by atoms with Crippen LogP contribution in [-0.4, -0.2) is 46.7 Å². The second-order valence-corrected chi connectivity index (χ2v) is 5.24. The highest BCUT2D eigenvalue weighted by Gasteiger charge is 2.71. The number of hydrogen-bond donors (Lipinski definition) is 1. The highest BCUT2D eigenvalue weighted by molar-refractivity contribution is 5.80. The first-order valence-electron chi connectivity index (χ1n) is 5.66. The molecule has 3 rings (SSSR count). The van der Waals surface area contributed by atoms with Gasteiger partial charge in [0.15, 0.2) is 0 Å². The molecule has 5 nitrogen and oxygen atoms in total. The monoisotopic (exact) mass is 225 g/mol. The summed E-state index contributed by atoms with van der Waals surface area (Å²) < 4.78 is 5.85. The lowest BCUT2D eigenvalue weighted by Crippen LogP contribution is -2.71. The fraction of sp³-hybridized carbons (Fsp3) is 0.818. The number of aliphatic carboxylic acids is 1. The molecule has 2 atom stereocenters. The molecule has 2 saturated heterocycles. The van der Waals surface area contributed by atoms with Gasteiger partial charge in [0, 0.05) is 6.92 Å². The number of carboxylic acids is 1. The van der Waals surface area contributed by atoms with E-state index in [1.165, 1.54) is 6.92 Å². The van der Waals surface area contributed by atoms with Crippen LogP contribution in [0.5, 0.6) is 0 Å². The normalized spacial score (nSPS) is 38.8. The Morgan fingerprint density at radius 2 is 2.12 bits per heavy atom. The lowest BCUT2D eigenvalue weighted by Gasteiger charge is -2.54. The van der Waals surface area contributed by atoms with Gasteiger partial charge in [-0.25, -0.2) is 0 Å². The number of hydrogen-bond acceptors (Lipinski definition) is 3. The number of ether oxygens (including phenoxy) is 1. The minimum atomic E-state index is -0.754. The van der Waals surface area contributed by atoms with Crippen molar-refractivity contribution in [2.45, 2.75) is 37.9 Å². The predicted molar refractivity (Wildman–Crippen MR) is 53.8 cm³/mol. The maximum absolute atomic E-state index is 11.5. The summed E-state index contributed by atoms with van der Waals surface area (Å²) in [6, 6.07) is 0. The molecular weight excluding hydrogens is 210 g/mol. The van der Waals surface area contributed by atoms with Crippen molar-refractivity contribution in [1.82, 2.24) is 4.90 Å². The van der Waals surface area contributed by atoms with E-state index in [1.807, 2.05) is 0 Å². The van der Waals surface area contributed by atoms with Crippen molar-refractivity contribution >= 4 is 11.9 Å². The van der Waals surface area contributed by atoms with Crippen molar-refractivity contribution in [3.8, 4) is 0 Å². The molecule has 1 amide bonds. The van der Waals surface area contributed by atoms with Gasteiger partial charge in [-0.2, -0.15) is 0 Å². The van der Waals surface area contributed by atoms with Crippen LogP contribution >= 0.6 is 0 Å². The molecule has 1 N–H and O–H groups in total. The predicted octanol–water partition coefficient (Wildman–Crippen LogP) is 0.241. The Kier molecular flexibility index (Phi) is 1.74. The van der Waals surface area contributed by atoms with E-state index in [9.17, 15) is 14.7 Å². The maximum Gasteiger partial charge on any atom is 0.312 e. The van der Waals surface area contributed by atoms with Gasteiger partial charge in [-0.05, 0) is 19.3 Å². The average molecular weight is 225 g/mol. The Morgan fingerprint density at radius 1 is 1.44 bits per heavy atom. The van der Waals surface area contributed by atoms with E-state index in [0.29, 0.717) is 25.9 Å². The van der Waals surface area contributed by atoms with Crippen LogP contribution in [0.3, 0.4) is 0 Å². The van der Waals surface area contributed by atoms with Crippen LogP contribution in [0.1, 0.15) is 26.2 Å². The van der Waals surface area contributed by atoms with Crippen molar-refractivity contribution < 1.29 is 19.4 Å². The summed E-state index contributed by atoms with van der Waals surface area (Å²) in [6.07, 6.45) is 2.24. The van der Waals surface area contributed by atoms with Crippen molar-refractivity contribution in [2.75, 3.05) is 13.1 Å². The van der Waals surface area contributed by atoms with Crippen molar-refractivity contribution in [2.24, 2.45) is 5.41 Å². The molecule has 1 spiro atoms. The minimum Gasteiger partial charge on any atom is -0.481 e. The van der Waals surface area contributed by atoms with Crippen molar-refractivity contribution in [1.29, 1.82) is 0 Å². The topological polar surface area (TPSA) is 66.8 Å². The Labute approximate surface area is 93.4 Å². The summed E-state index contributed by atoms with van der Waals surface area (Å²) in [6.45, 7) is 2.41. The number of carbonyl (C=O) groups is 2. The number of nitrogens with zero attached hydrogens (tertiary/aromatic N) is 1. The van der Waals surface area contributed by atoms with Gasteiger partial charge in [-0.1, -0.05) is 0 Å². The van der Waals surface area contributed by atoms with E-state index in [2.05, 4.69) is 0 Å². The molecule has 3 aliphatic rings. The smallest absolute Gasteiger partial charge is 0.312 e. The van der Waals surface area contributed by atoms with Crippen molar-refractivity contribution in [3.05, 3.63) is 0 Å². The third-order valence-corrected chi connectivity index (χ3v) is 4.48. The molecule has 0 aromatic rings. The average Bonchev–Trinajstić information content (AvgIpc) is 2.69. The number of fused-ring (bicyclic) bond motifs is 3. The van der Waals surface area contributed by atoms with Crippen LogP contribution in [-0.2, 0) is 14.3 Å². The highest BCUT2D eigenvalue weighted by atomic mass is 16.5. The Balaban J connectivity index is 1.88. The fourth-order valence-corrected chi connectivity index (χ4v) is 3.51. The van der Waals surface area contributed by atoms with Crippen LogP contribution in [0.4, 0.5) is 0 Å². The van der Waals surface area contributed by atoms with E-state index < -0.39 is 17.0 Å². The van der Waals surface area contributed by atoms with E-state index in [-0.39, 0.29) is 12.0 Å². The Morgan fingerprint density at radius 3 is 2.62 bits per heavy atom. The van der Waals surface area contributed by atoms with Gasteiger partial charge in [-0.15, -0.1) is 0 Å². The van der Waals surface area contributed by atoms with Gasteiger partial charge in [0.05, 0.1) is 19.2 Å². The molecule has 1 saturated carbocycles. The summed E-state index contributed by atoms with van der Waals surface area (Å²) in [5.41, 5.74) is -1.32. The third kappa shape index (κ3) is 0.948. The zero-order chi connectivity index (χ0) is 11.6. The molecule has 2 aliphatic heterocycles. The van der Waals surface area contributed by atoms with Crippen LogP contribution in [0.2, 0.25) is 0 Å². The largest absolute Gasteiger partial charge is 0.481 e. The first-order valence-corrected chi connectivity index (χ1v) is 5.66. The van der Waals surface area contributed by atoms with E-state index in [4.69, 9.17) is 4.74 Å². The van der Waals surface area contributed by atoms with Crippen LogP contribution < -0.4 is 0 Å². The molecule has 88 valence electrons. The zero-order valence-electron chi connectivity index (χ0n) is 9.23. The number of carboxylic acid groups (broad SMARTS) is 1. The lowest BCUT2D eigenvalue weighted by molar-refractivity contribution is -0.212. The summed E-state index contributed by atoms with van der Waals surface area (Å²) in [7, 11) is 0. The number of carbonyl (C=O) groups excluding carboxylic acids is 1. The van der Waals surface area contributed by atoms with Gasteiger partial charge in [0.1, 0.15) is 11.0 Å². The molecule has 0 radical (unpaired) electrons. The summed E-state index contributed by atoms with van der Waals surface area (Å²) in [5.74, 6) is -0.756. The quantitative estimate of drug-likeness (QED) is 0.694. The lowest BCUT2D eigenvalue weighted by atomic mass is 9.67. The second kappa shape index (κ2) is 2.77. The number of likely N-dealkylation sites (tertiary alicyclic amines) is 1. The molecule has 2 bridgehead atoms. The molecule has 3 fully saturated rings. The molecular formula is C11H15NO4. The summed E-state index contributed by atoms with van der Waals surface area (Å²) in [5, 5.41) is 9.43. The number of amides is 1. The van der Waals surface area contributed by atoms with Gasteiger partial charge in [-0.3, -0.25) is 9.59 Å². The maximum atomic E-state index is 11.5. The Hall–Kier alpha value is -1.10. The first-order chi connectivity index (χ1) is 7.49. The van der Waals surface area contributed by atoms with Gasteiger partial charge >= 0.3 is 5.97 Å². The molecule has 2 unspecified atom stereocenters. The summed E-state index contributed by atoms with van der Waals surface area (Å²) in [4.78, 5) is 24.3. The van der Waals surface area contributed by atoms with Crippen molar-refractivity contribution in [3.63, 3.8) is 0 Å². The highest BCUT2D eigenvalue weighted by Crippen LogP contribution is 2.59. The van der Waals surface area contributed by atoms with Gasteiger partial charge in [0.2, 0.25) is 5.91 Å². The molecule has 1 aliphatic carbocycles. The zero-order valence-corrected chi connectivity index (χ0v) is 9.23. The Bertz CT molecular complexity index is 374. The number of rotatable bonds is 1. The van der Waals surface area contributed by atoms with Crippen LogP contribution in [0, 0.1) is 5.41 Å². The molecule has 16 heavy (non-hydrogen) atoms. The second-order valence-electron chi connectivity index (χ2n) is 5.24. The fourth-order valence-electron chi connectivity index (χ4n) is 3.51. The third-order valence-electron chi connectivity index (χ3n) is 4.48.